The topological polar surface area (TPSA) is 55.6 Å². The Balaban J connectivity index is 2.29. The summed E-state index contributed by atoms with van der Waals surface area (Å²) in [6.45, 7) is 7.84. The predicted octanol–water partition coefficient (Wildman–Crippen LogP) is 1.70. The second-order valence-corrected chi connectivity index (χ2v) is 4.20. The molecule has 0 aliphatic rings. The van der Waals surface area contributed by atoms with Crippen LogP contribution in [0.25, 0.3) is 0 Å². The van der Waals surface area contributed by atoms with Crippen molar-refractivity contribution in [3.8, 4) is 0 Å². The smallest absolute Gasteiger partial charge is 0.0802 e. The molecule has 0 spiro atoms. The van der Waals surface area contributed by atoms with Crippen LogP contribution in [0.15, 0.2) is 24.8 Å². The Hall–Kier alpha value is -1.75. The van der Waals surface area contributed by atoms with Gasteiger partial charge in [0.05, 0.1) is 29.8 Å². The first-order chi connectivity index (χ1) is 8.74. The molecule has 5 heteroatoms. The summed E-state index contributed by atoms with van der Waals surface area (Å²) in [4.78, 5) is 8.75. The largest absolute Gasteiger partial charge is 0.305 e. The van der Waals surface area contributed by atoms with E-state index >= 15 is 0 Å². The van der Waals surface area contributed by atoms with Gasteiger partial charge in [0.15, 0.2) is 0 Å². The van der Waals surface area contributed by atoms with E-state index in [1.807, 2.05) is 24.0 Å². The molecule has 0 aromatic carbocycles. The molecule has 0 bridgehead atoms. The Morgan fingerprint density at radius 3 is 2.61 bits per heavy atom. The molecular formula is C13H19N5. The minimum Gasteiger partial charge on any atom is -0.305 e. The molecule has 1 unspecified atom stereocenters. The Kier molecular flexibility index (Phi) is 4.04. The highest BCUT2D eigenvalue weighted by molar-refractivity contribution is 5.22. The SMILES string of the molecule is CCNC(c1cnn(CC)c1)c1cnc(C)cn1. The van der Waals surface area contributed by atoms with Gasteiger partial charge in [-0.3, -0.25) is 14.6 Å². The van der Waals surface area contributed by atoms with Crippen molar-refractivity contribution >= 4 is 0 Å². The van der Waals surface area contributed by atoms with E-state index in [-0.39, 0.29) is 6.04 Å². The van der Waals surface area contributed by atoms with E-state index in [4.69, 9.17) is 0 Å². The zero-order valence-electron chi connectivity index (χ0n) is 11.1. The molecule has 1 atom stereocenters. The molecule has 0 saturated heterocycles. The fraction of sp³-hybridized carbons (Fsp3) is 0.462. The van der Waals surface area contributed by atoms with E-state index in [0.717, 1.165) is 30.0 Å². The van der Waals surface area contributed by atoms with Crippen LogP contribution in [0.2, 0.25) is 0 Å². The van der Waals surface area contributed by atoms with Crippen LogP contribution in [0.5, 0.6) is 0 Å². The van der Waals surface area contributed by atoms with Gasteiger partial charge in [-0.15, -0.1) is 0 Å². The zero-order chi connectivity index (χ0) is 13.0. The summed E-state index contributed by atoms with van der Waals surface area (Å²) < 4.78 is 1.92. The van der Waals surface area contributed by atoms with E-state index in [1.54, 1.807) is 6.20 Å². The highest BCUT2D eigenvalue weighted by Crippen LogP contribution is 2.19. The summed E-state index contributed by atoms with van der Waals surface area (Å²) in [6, 6.07) is 0.0587. The lowest BCUT2D eigenvalue weighted by Gasteiger charge is -2.15. The van der Waals surface area contributed by atoms with Gasteiger partial charge < -0.3 is 5.32 Å². The third-order valence-corrected chi connectivity index (χ3v) is 2.82. The molecule has 0 saturated carbocycles. The maximum atomic E-state index is 4.45. The molecule has 5 nitrogen and oxygen atoms in total. The standard InChI is InChI=1S/C13H19N5/c1-4-14-13(11-7-17-18(5-2)9-11)12-8-15-10(3)6-16-12/h6-9,13-14H,4-5H2,1-3H3. The van der Waals surface area contributed by atoms with Gasteiger partial charge in [-0.2, -0.15) is 5.10 Å². The highest BCUT2D eigenvalue weighted by atomic mass is 15.3. The second-order valence-electron chi connectivity index (χ2n) is 4.20. The molecule has 2 aromatic rings. The number of hydrogen-bond donors (Lipinski definition) is 1. The normalized spacial score (nSPS) is 12.6. The minimum absolute atomic E-state index is 0.0587. The number of aryl methyl sites for hydroxylation is 2. The molecule has 2 rings (SSSR count). The number of aromatic nitrogens is 4. The second kappa shape index (κ2) is 5.73. The number of nitrogens with zero attached hydrogens (tertiary/aromatic N) is 4. The van der Waals surface area contributed by atoms with Crippen molar-refractivity contribution in [2.75, 3.05) is 6.54 Å². The van der Waals surface area contributed by atoms with Crippen molar-refractivity contribution in [1.29, 1.82) is 0 Å². The molecule has 0 aliphatic heterocycles. The summed E-state index contributed by atoms with van der Waals surface area (Å²) in [5, 5.41) is 7.73. The maximum Gasteiger partial charge on any atom is 0.0802 e. The molecule has 0 amide bonds. The Bertz CT molecular complexity index is 488. The van der Waals surface area contributed by atoms with Crippen molar-refractivity contribution < 1.29 is 0 Å². The molecule has 18 heavy (non-hydrogen) atoms. The van der Waals surface area contributed by atoms with Gasteiger partial charge in [0.2, 0.25) is 0 Å². The van der Waals surface area contributed by atoms with Crippen LogP contribution in [0, 0.1) is 6.92 Å². The van der Waals surface area contributed by atoms with Gasteiger partial charge in [0.1, 0.15) is 0 Å². The molecule has 96 valence electrons. The average molecular weight is 245 g/mol. The molecule has 0 aliphatic carbocycles. The lowest BCUT2D eigenvalue weighted by atomic mass is 10.1. The van der Waals surface area contributed by atoms with E-state index in [9.17, 15) is 0 Å². The Labute approximate surface area is 107 Å². The van der Waals surface area contributed by atoms with Gasteiger partial charge in [-0.05, 0) is 20.4 Å². The number of rotatable bonds is 5. The van der Waals surface area contributed by atoms with Crippen LogP contribution in [-0.4, -0.2) is 26.3 Å². The molecule has 0 fully saturated rings. The fourth-order valence-electron chi connectivity index (χ4n) is 1.85. The highest BCUT2D eigenvalue weighted by Gasteiger charge is 2.16. The van der Waals surface area contributed by atoms with Crippen molar-refractivity contribution in [2.24, 2.45) is 0 Å². The van der Waals surface area contributed by atoms with Crippen molar-refractivity contribution in [3.05, 3.63) is 41.7 Å². The first-order valence-electron chi connectivity index (χ1n) is 6.28. The summed E-state index contributed by atoms with van der Waals surface area (Å²) in [5.74, 6) is 0. The summed E-state index contributed by atoms with van der Waals surface area (Å²) >= 11 is 0. The van der Waals surface area contributed by atoms with Gasteiger partial charge in [0.25, 0.3) is 0 Å². The van der Waals surface area contributed by atoms with Crippen molar-refractivity contribution in [2.45, 2.75) is 33.4 Å². The van der Waals surface area contributed by atoms with Gasteiger partial charge in [-0.25, -0.2) is 0 Å². The van der Waals surface area contributed by atoms with E-state index in [0.29, 0.717) is 0 Å². The monoisotopic (exact) mass is 245 g/mol. The molecule has 2 aromatic heterocycles. The van der Waals surface area contributed by atoms with Crippen LogP contribution < -0.4 is 5.32 Å². The summed E-state index contributed by atoms with van der Waals surface area (Å²) in [6.07, 6.45) is 7.56. The lowest BCUT2D eigenvalue weighted by Crippen LogP contribution is -2.22. The van der Waals surface area contributed by atoms with Crippen LogP contribution >= 0.6 is 0 Å². The van der Waals surface area contributed by atoms with Gasteiger partial charge in [0, 0.05) is 24.5 Å². The summed E-state index contributed by atoms with van der Waals surface area (Å²) in [7, 11) is 0. The first-order valence-corrected chi connectivity index (χ1v) is 6.28. The van der Waals surface area contributed by atoms with Gasteiger partial charge in [-0.1, -0.05) is 6.92 Å². The summed E-state index contributed by atoms with van der Waals surface area (Å²) in [5.41, 5.74) is 2.98. The van der Waals surface area contributed by atoms with Crippen LogP contribution in [0.4, 0.5) is 0 Å². The predicted molar refractivity (Wildman–Crippen MR) is 70.2 cm³/mol. The van der Waals surface area contributed by atoms with Crippen molar-refractivity contribution in [1.82, 2.24) is 25.1 Å². The van der Waals surface area contributed by atoms with E-state index in [1.165, 1.54) is 0 Å². The number of hydrogen-bond acceptors (Lipinski definition) is 4. The molecule has 1 N–H and O–H groups in total. The van der Waals surface area contributed by atoms with Crippen molar-refractivity contribution in [3.63, 3.8) is 0 Å². The minimum atomic E-state index is 0.0587. The van der Waals surface area contributed by atoms with E-state index < -0.39 is 0 Å². The average Bonchev–Trinajstić information content (AvgIpc) is 2.86. The zero-order valence-corrected chi connectivity index (χ0v) is 11.1. The Morgan fingerprint density at radius 2 is 2.06 bits per heavy atom. The first kappa shape index (κ1) is 12.7. The van der Waals surface area contributed by atoms with Crippen LogP contribution in [0.1, 0.15) is 36.8 Å². The molecule has 0 radical (unpaired) electrons. The van der Waals surface area contributed by atoms with E-state index in [2.05, 4.69) is 40.4 Å². The number of nitrogens with one attached hydrogen (secondary N) is 1. The lowest BCUT2D eigenvalue weighted by molar-refractivity contribution is 0.608. The fourth-order valence-corrected chi connectivity index (χ4v) is 1.85. The Morgan fingerprint density at radius 1 is 1.22 bits per heavy atom. The quantitative estimate of drug-likeness (QED) is 0.871. The molecule has 2 heterocycles. The van der Waals surface area contributed by atoms with Crippen LogP contribution in [-0.2, 0) is 6.54 Å². The van der Waals surface area contributed by atoms with Crippen LogP contribution in [0.3, 0.4) is 0 Å². The third kappa shape index (κ3) is 2.73. The molecular weight excluding hydrogens is 226 g/mol. The van der Waals surface area contributed by atoms with Gasteiger partial charge >= 0.3 is 0 Å². The third-order valence-electron chi connectivity index (χ3n) is 2.82. The maximum absolute atomic E-state index is 4.45.